The fraction of sp³-hybridized carbons (Fsp3) is 0.360. The highest BCUT2D eigenvalue weighted by atomic mass is 16.5. The third-order valence-corrected chi connectivity index (χ3v) is 5.00. The van der Waals surface area contributed by atoms with Crippen LogP contribution in [0.4, 0.5) is 0 Å². The lowest BCUT2D eigenvalue weighted by atomic mass is 9.94. The van der Waals surface area contributed by atoms with Crippen LogP contribution in [-0.4, -0.2) is 41.0 Å². The third-order valence-electron chi connectivity index (χ3n) is 5.00. The Balaban J connectivity index is 2.20. The SMILES string of the molecule is CCCN1C(=O)C(=O)/C(=C(\O)c2cccc(OCC)c2)C1c1ccccc1OC(C)C. The summed E-state index contributed by atoms with van der Waals surface area (Å²) in [5.74, 6) is -0.373. The molecule has 6 nitrogen and oxygen atoms in total. The van der Waals surface area contributed by atoms with Crippen molar-refractivity contribution in [3.8, 4) is 11.5 Å². The number of rotatable bonds is 8. The third kappa shape index (κ3) is 4.58. The molecule has 1 amide bonds. The molecule has 6 heteroatoms. The first-order valence-corrected chi connectivity index (χ1v) is 10.7. The lowest BCUT2D eigenvalue weighted by Crippen LogP contribution is -2.30. The number of nitrogens with zero attached hydrogens (tertiary/aromatic N) is 1. The molecular weight excluding hydrogens is 394 g/mol. The van der Waals surface area contributed by atoms with E-state index in [-0.39, 0.29) is 17.4 Å². The summed E-state index contributed by atoms with van der Waals surface area (Å²) < 4.78 is 11.5. The smallest absolute Gasteiger partial charge is 0.295 e. The Morgan fingerprint density at radius 3 is 2.52 bits per heavy atom. The fourth-order valence-electron chi connectivity index (χ4n) is 3.80. The van der Waals surface area contributed by atoms with E-state index in [0.29, 0.717) is 42.2 Å². The van der Waals surface area contributed by atoms with Crippen LogP contribution in [-0.2, 0) is 9.59 Å². The quantitative estimate of drug-likeness (QED) is 0.378. The van der Waals surface area contributed by atoms with Gasteiger partial charge in [-0.2, -0.15) is 0 Å². The van der Waals surface area contributed by atoms with Crippen molar-refractivity contribution in [3.05, 3.63) is 65.2 Å². The Labute approximate surface area is 183 Å². The van der Waals surface area contributed by atoms with Gasteiger partial charge in [-0.3, -0.25) is 9.59 Å². The number of carbonyl (C=O) groups excluding carboxylic acids is 2. The molecule has 2 aromatic carbocycles. The highest BCUT2D eigenvalue weighted by molar-refractivity contribution is 6.46. The Morgan fingerprint density at radius 1 is 1.10 bits per heavy atom. The van der Waals surface area contributed by atoms with Crippen LogP contribution in [0, 0.1) is 0 Å². The standard InChI is InChI=1S/C25H29NO5/c1-5-14-26-22(19-12-7-8-13-20(19)31-16(3)4)21(24(28)25(26)29)23(27)17-10-9-11-18(15-17)30-6-2/h7-13,15-16,22,27H,5-6,14H2,1-4H3/b23-21-. The highest BCUT2D eigenvalue weighted by Gasteiger charge is 2.46. The maximum Gasteiger partial charge on any atom is 0.295 e. The molecule has 31 heavy (non-hydrogen) atoms. The zero-order chi connectivity index (χ0) is 22.5. The zero-order valence-electron chi connectivity index (χ0n) is 18.4. The van der Waals surface area contributed by atoms with Gasteiger partial charge in [-0.05, 0) is 45.4 Å². The predicted molar refractivity (Wildman–Crippen MR) is 119 cm³/mol. The molecule has 1 atom stereocenters. The van der Waals surface area contributed by atoms with Gasteiger partial charge in [-0.1, -0.05) is 37.3 Å². The van der Waals surface area contributed by atoms with Crippen molar-refractivity contribution in [3.63, 3.8) is 0 Å². The summed E-state index contributed by atoms with van der Waals surface area (Å²) in [5.41, 5.74) is 1.16. The van der Waals surface area contributed by atoms with Gasteiger partial charge in [-0.15, -0.1) is 0 Å². The van der Waals surface area contributed by atoms with Gasteiger partial charge < -0.3 is 19.5 Å². The van der Waals surface area contributed by atoms with Gasteiger partial charge >= 0.3 is 0 Å². The minimum Gasteiger partial charge on any atom is -0.507 e. The van der Waals surface area contributed by atoms with E-state index in [0.717, 1.165) is 0 Å². The van der Waals surface area contributed by atoms with Gasteiger partial charge in [0.05, 0.1) is 24.3 Å². The number of likely N-dealkylation sites (tertiary alicyclic amines) is 1. The number of carbonyl (C=O) groups is 2. The van der Waals surface area contributed by atoms with E-state index in [4.69, 9.17) is 9.47 Å². The molecule has 1 aliphatic rings. The second-order valence-corrected chi connectivity index (χ2v) is 7.66. The summed E-state index contributed by atoms with van der Waals surface area (Å²) in [6.45, 7) is 8.51. The van der Waals surface area contributed by atoms with Gasteiger partial charge in [0.1, 0.15) is 17.3 Å². The first-order valence-electron chi connectivity index (χ1n) is 10.7. The lowest BCUT2D eigenvalue weighted by Gasteiger charge is -2.27. The average molecular weight is 424 g/mol. The molecule has 1 aliphatic heterocycles. The van der Waals surface area contributed by atoms with Gasteiger partial charge in [-0.25, -0.2) is 0 Å². The Morgan fingerprint density at radius 2 is 1.84 bits per heavy atom. The maximum absolute atomic E-state index is 13.1. The number of aliphatic hydroxyl groups excluding tert-OH is 1. The molecule has 0 bridgehead atoms. The van der Waals surface area contributed by atoms with E-state index < -0.39 is 17.7 Å². The second kappa shape index (κ2) is 9.69. The van der Waals surface area contributed by atoms with Crippen LogP contribution in [0.5, 0.6) is 11.5 Å². The van der Waals surface area contributed by atoms with Crippen molar-refractivity contribution in [2.24, 2.45) is 0 Å². The Kier molecular flexibility index (Phi) is 7.00. The molecular formula is C25H29NO5. The molecule has 2 aromatic rings. The van der Waals surface area contributed by atoms with Crippen LogP contribution in [0.1, 0.15) is 51.3 Å². The molecule has 1 fully saturated rings. The molecule has 3 rings (SSSR count). The molecule has 164 valence electrons. The number of hydrogen-bond donors (Lipinski definition) is 1. The summed E-state index contributed by atoms with van der Waals surface area (Å²) in [6, 6.07) is 13.5. The first kappa shape index (κ1) is 22.4. The lowest BCUT2D eigenvalue weighted by molar-refractivity contribution is -0.139. The van der Waals surface area contributed by atoms with E-state index in [1.807, 2.05) is 52.0 Å². The number of hydrogen-bond acceptors (Lipinski definition) is 5. The molecule has 1 N–H and O–H groups in total. The Hall–Kier alpha value is -3.28. The van der Waals surface area contributed by atoms with Gasteiger partial charge in [0.2, 0.25) is 0 Å². The van der Waals surface area contributed by atoms with E-state index in [2.05, 4.69) is 0 Å². The van der Waals surface area contributed by atoms with Crippen molar-refractivity contribution in [2.45, 2.75) is 46.3 Å². The van der Waals surface area contributed by atoms with Crippen molar-refractivity contribution in [1.29, 1.82) is 0 Å². The number of benzene rings is 2. The summed E-state index contributed by atoms with van der Waals surface area (Å²) in [6.07, 6.45) is 0.592. The van der Waals surface area contributed by atoms with Gasteiger partial charge in [0.15, 0.2) is 0 Å². The van der Waals surface area contributed by atoms with Crippen molar-refractivity contribution >= 4 is 17.4 Å². The predicted octanol–water partition coefficient (Wildman–Crippen LogP) is 4.70. The van der Waals surface area contributed by atoms with Crippen LogP contribution < -0.4 is 9.47 Å². The molecule has 0 saturated carbocycles. The molecule has 0 aromatic heterocycles. The fourth-order valence-corrected chi connectivity index (χ4v) is 3.80. The van der Waals surface area contributed by atoms with Crippen molar-refractivity contribution < 1.29 is 24.2 Å². The minimum absolute atomic E-state index is 0.0619. The van der Waals surface area contributed by atoms with E-state index in [9.17, 15) is 14.7 Å². The number of amides is 1. The van der Waals surface area contributed by atoms with Gasteiger partial charge in [0.25, 0.3) is 11.7 Å². The van der Waals surface area contributed by atoms with E-state index in [1.165, 1.54) is 4.90 Å². The number of Topliss-reactive ketones (excluding diaryl/α,β-unsaturated/α-hetero) is 1. The second-order valence-electron chi connectivity index (χ2n) is 7.66. The number of aliphatic hydroxyl groups is 1. The highest BCUT2D eigenvalue weighted by Crippen LogP contribution is 2.43. The molecule has 1 saturated heterocycles. The van der Waals surface area contributed by atoms with Crippen LogP contribution in [0.15, 0.2) is 54.1 Å². The molecule has 0 aliphatic carbocycles. The summed E-state index contributed by atoms with van der Waals surface area (Å²) in [4.78, 5) is 27.5. The minimum atomic E-state index is -0.731. The molecule has 0 radical (unpaired) electrons. The van der Waals surface area contributed by atoms with Crippen LogP contribution >= 0.6 is 0 Å². The van der Waals surface area contributed by atoms with Crippen molar-refractivity contribution in [2.75, 3.05) is 13.2 Å². The van der Waals surface area contributed by atoms with E-state index in [1.54, 1.807) is 24.3 Å². The normalized spacial score (nSPS) is 18.0. The number of ether oxygens (including phenoxy) is 2. The van der Waals surface area contributed by atoms with Crippen LogP contribution in [0.25, 0.3) is 5.76 Å². The summed E-state index contributed by atoms with van der Waals surface area (Å²) in [7, 11) is 0. The first-order chi connectivity index (χ1) is 14.9. The monoisotopic (exact) mass is 423 g/mol. The largest absolute Gasteiger partial charge is 0.507 e. The van der Waals surface area contributed by atoms with Crippen LogP contribution in [0.2, 0.25) is 0 Å². The Bertz CT molecular complexity index is 995. The summed E-state index contributed by atoms with van der Waals surface area (Å²) in [5, 5.41) is 11.2. The maximum atomic E-state index is 13.1. The number of para-hydroxylation sites is 1. The van der Waals surface area contributed by atoms with Crippen molar-refractivity contribution in [1.82, 2.24) is 4.90 Å². The van der Waals surface area contributed by atoms with E-state index >= 15 is 0 Å². The van der Waals surface area contributed by atoms with Gasteiger partial charge in [0, 0.05) is 17.7 Å². The summed E-state index contributed by atoms with van der Waals surface area (Å²) >= 11 is 0. The number of ketones is 1. The molecule has 0 spiro atoms. The topological polar surface area (TPSA) is 76.1 Å². The molecule has 1 heterocycles. The molecule has 1 unspecified atom stereocenters. The zero-order valence-corrected chi connectivity index (χ0v) is 18.4. The average Bonchev–Trinajstić information content (AvgIpc) is 2.99. The van der Waals surface area contributed by atoms with Crippen LogP contribution in [0.3, 0.4) is 0 Å².